The first-order chi connectivity index (χ1) is 12.2. The van der Waals surface area contributed by atoms with Crippen molar-refractivity contribution in [3.63, 3.8) is 0 Å². The molecule has 0 bridgehead atoms. The van der Waals surface area contributed by atoms with E-state index in [2.05, 4.69) is 50.1 Å². The molecule has 0 heterocycles. The van der Waals surface area contributed by atoms with Gasteiger partial charge in [0, 0.05) is 5.69 Å². The van der Waals surface area contributed by atoms with Crippen LogP contribution in [0.5, 0.6) is 0 Å². The van der Waals surface area contributed by atoms with Crippen LogP contribution in [0.4, 0.5) is 11.4 Å². The van der Waals surface area contributed by atoms with Gasteiger partial charge in [-0.25, -0.2) is 4.99 Å². The molecule has 0 saturated heterocycles. The normalized spacial score (nSPS) is 12.0. The van der Waals surface area contributed by atoms with E-state index in [0.29, 0.717) is 17.5 Å². The molecule has 138 valence electrons. The number of benzene rings is 2. The molecular weight excluding hydrogens is 320 g/mol. The monoisotopic (exact) mass is 350 g/mol. The fraction of sp³-hybridized carbons (Fsp3) is 0.391. The number of carbonyl (C=O) groups is 1. The summed E-state index contributed by atoms with van der Waals surface area (Å²) in [4.78, 5) is 17.5. The molecule has 0 atom stereocenters. The number of nitrogens with one attached hydrogen (secondary N) is 1. The molecule has 2 aromatic carbocycles. The second-order valence-corrected chi connectivity index (χ2v) is 7.51. The van der Waals surface area contributed by atoms with Gasteiger partial charge >= 0.3 is 0 Å². The van der Waals surface area contributed by atoms with E-state index in [-0.39, 0.29) is 5.91 Å². The average molecular weight is 351 g/mol. The topological polar surface area (TPSA) is 41.5 Å². The zero-order valence-corrected chi connectivity index (χ0v) is 17.0. The molecule has 26 heavy (non-hydrogen) atoms. The van der Waals surface area contributed by atoms with E-state index in [1.165, 1.54) is 0 Å². The van der Waals surface area contributed by atoms with Crippen molar-refractivity contribution in [2.75, 3.05) is 5.32 Å². The van der Waals surface area contributed by atoms with Crippen LogP contribution in [0.15, 0.2) is 41.4 Å². The highest BCUT2D eigenvalue weighted by Crippen LogP contribution is 2.31. The maximum atomic E-state index is 12.8. The van der Waals surface area contributed by atoms with E-state index < -0.39 is 0 Å². The highest BCUT2D eigenvalue weighted by Gasteiger charge is 2.15. The third-order valence-electron chi connectivity index (χ3n) is 4.66. The maximum absolute atomic E-state index is 12.8. The highest BCUT2D eigenvalue weighted by molar-refractivity contribution is 6.42. The average Bonchev–Trinajstić information content (AvgIpc) is 2.57. The van der Waals surface area contributed by atoms with Gasteiger partial charge in [0.05, 0.1) is 5.69 Å². The summed E-state index contributed by atoms with van der Waals surface area (Å²) >= 11 is 0. The first kappa shape index (κ1) is 19.9. The lowest BCUT2D eigenvalue weighted by Crippen LogP contribution is -2.22. The molecule has 0 saturated carbocycles. The van der Waals surface area contributed by atoms with Crippen molar-refractivity contribution in [2.24, 2.45) is 4.99 Å². The first-order valence-electron chi connectivity index (χ1n) is 9.28. The van der Waals surface area contributed by atoms with Crippen LogP contribution in [0, 0.1) is 13.8 Å². The largest absolute Gasteiger partial charge is 0.320 e. The summed E-state index contributed by atoms with van der Waals surface area (Å²) < 4.78 is 0. The van der Waals surface area contributed by atoms with Gasteiger partial charge in [0.2, 0.25) is 0 Å². The Morgan fingerprint density at radius 2 is 1.42 bits per heavy atom. The molecule has 0 fully saturated rings. The molecule has 2 aromatic rings. The SMILES string of the molecule is CC(=Nc1c(C)cccc1C(C)C)C(=O)Nc1c(C)cccc1C(C)C. The van der Waals surface area contributed by atoms with E-state index in [1.807, 2.05) is 38.1 Å². The number of aliphatic imine (C=N–C) groups is 1. The molecule has 0 aromatic heterocycles. The summed E-state index contributed by atoms with van der Waals surface area (Å²) in [6.07, 6.45) is 0. The van der Waals surface area contributed by atoms with Crippen molar-refractivity contribution in [3.05, 3.63) is 58.7 Å². The molecule has 0 aliphatic carbocycles. The van der Waals surface area contributed by atoms with Crippen LogP contribution in [-0.4, -0.2) is 11.6 Å². The number of carbonyl (C=O) groups excluding carboxylic acids is 1. The Morgan fingerprint density at radius 3 is 2.00 bits per heavy atom. The summed E-state index contributed by atoms with van der Waals surface area (Å²) in [6, 6.07) is 12.3. The van der Waals surface area contributed by atoms with Gasteiger partial charge in [0.1, 0.15) is 5.71 Å². The minimum atomic E-state index is -0.154. The minimum absolute atomic E-state index is 0.154. The second-order valence-electron chi connectivity index (χ2n) is 7.51. The van der Waals surface area contributed by atoms with Crippen molar-refractivity contribution in [1.82, 2.24) is 0 Å². The molecule has 0 aliphatic heterocycles. The van der Waals surface area contributed by atoms with Gasteiger partial charge in [-0.1, -0.05) is 64.1 Å². The highest BCUT2D eigenvalue weighted by atomic mass is 16.1. The van der Waals surface area contributed by atoms with Gasteiger partial charge in [-0.3, -0.25) is 4.79 Å². The van der Waals surface area contributed by atoms with E-state index >= 15 is 0 Å². The zero-order valence-electron chi connectivity index (χ0n) is 17.0. The molecule has 0 unspecified atom stereocenters. The van der Waals surface area contributed by atoms with Crippen molar-refractivity contribution >= 4 is 23.0 Å². The predicted octanol–water partition coefficient (Wildman–Crippen LogP) is 6.28. The number of para-hydroxylation sites is 2. The molecule has 3 heteroatoms. The number of amides is 1. The van der Waals surface area contributed by atoms with Crippen LogP contribution in [0.1, 0.15) is 68.7 Å². The van der Waals surface area contributed by atoms with Gasteiger partial charge in [-0.05, 0) is 54.9 Å². The molecule has 0 spiro atoms. The second kappa shape index (κ2) is 8.31. The predicted molar refractivity (Wildman–Crippen MR) is 112 cm³/mol. The molecule has 3 nitrogen and oxygen atoms in total. The van der Waals surface area contributed by atoms with Gasteiger partial charge in [-0.15, -0.1) is 0 Å². The van der Waals surface area contributed by atoms with Crippen LogP contribution >= 0.6 is 0 Å². The lowest BCUT2D eigenvalue weighted by atomic mass is 9.98. The number of hydrogen-bond acceptors (Lipinski definition) is 2. The molecule has 1 amide bonds. The van der Waals surface area contributed by atoms with Crippen LogP contribution in [0.25, 0.3) is 0 Å². The molecule has 0 radical (unpaired) electrons. The van der Waals surface area contributed by atoms with Crippen LogP contribution in [-0.2, 0) is 4.79 Å². The third-order valence-corrected chi connectivity index (χ3v) is 4.66. The Labute approximate surface area is 157 Å². The summed E-state index contributed by atoms with van der Waals surface area (Å²) in [5, 5.41) is 3.08. The fourth-order valence-corrected chi connectivity index (χ4v) is 3.07. The van der Waals surface area contributed by atoms with Crippen molar-refractivity contribution in [3.8, 4) is 0 Å². The fourth-order valence-electron chi connectivity index (χ4n) is 3.07. The summed E-state index contributed by atoms with van der Waals surface area (Å²) in [7, 11) is 0. The third kappa shape index (κ3) is 4.40. The standard InChI is InChI=1S/C23H30N2O/c1-14(2)19-12-8-10-16(5)21(19)24-18(7)23(26)25-22-17(6)11-9-13-20(22)15(3)4/h8-15H,1-7H3,(H,25,26). The zero-order chi connectivity index (χ0) is 19.4. The number of aryl methyl sites for hydroxylation is 2. The number of rotatable bonds is 5. The van der Waals surface area contributed by atoms with Crippen LogP contribution in [0.2, 0.25) is 0 Å². The molecular formula is C23H30N2O. The van der Waals surface area contributed by atoms with E-state index in [0.717, 1.165) is 33.6 Å². The maximum Gasteiger partial charge on any atom is 0.269 e. The Kier molecular flexibility index (Phi) is 6.36. The van der Waals surface area contributed by atoms with Gasteiger partial charge < -0.3 is 5.32 Å². The Morgan fingerprint density at radius 1 is 0.885 bits per heavy atom. The molecule has 2 rings (SSSR count). The van der Waals surface area contributed by atoms with Gasteiger partial charge in [-0.2, -0.15) is 0 Å². The minimum Gasteiger partial charge on any atom is -0.320 e. The number of anilines is 1. The van der Waals surface area contributed by atoms with Gasteiger partial charge in [0.25, 0.3) is 5.91 Å². The molecule has 0 aliphatic rings. The number of nitrogens with zero attached hydrogens (tertiary/aromatic N) is 1. The summed E-state index contributed by atoms with van der Waals surface area (Å²) in [5.41, 5.74) is 6.73. The van der Waals surface area contributed by atoms with E-state index in [4.69, 9.17) is 0 Å². The lowest BCUT2D eigenvalue weighted by molar-refractivity contribution is -0.110. The van der Waals surface area contributed by atoms with E-state index in [9.17, 15) is 4.79 Å². The lowest BCUT2D eigenvalue weighted by Gasteiger charge is -2.17. The summed E-state index contributed by atoms with van der Waals surface area (Å²) in [5.74, 6) is 0.541. The van der Waals surface area contributed by atoms with Gasteiger partial charge in [0.15, 0.2) is 0 Å². The van der Waals surface area contributed by atoms with Crippen LogP contribution in [0.3, 0.4) is 0 Å². The van der Waals surface area contributed by atoms with Crippen molar-refractivity contribution in [2.45, 2.75) is 60.3 Å². The Hall–Kier alpha value is -2.42. The summed E-state index contributed by atoms with van der Waals surface area (Å²) in [6.45, 7) is 14.4. The molecule has 1 N–H and O–H groups in total. The van der Waals surface area contributed by atoms with Crippen molar-refractivity contribution in [1.29, 1.82) is 0 Å². The number of hydrogen-bond donors (Lipinski definition) is 1. The first-order valence-corrected chi connectivity index (χ1v) is 9.28. The Balaban J connectivity index is 2.37. The smallest absolute Gasteiger partial charge is 0.269 e. The van der Waals surface area contributed by atoms with Crippen molar-refractivity contribution < 1.29 is 4.79 Å². The van der Waals surface area contributed by atoms with E-state index in [1.54, 1.807) is 6.92 Å². The Bertz CT molecular complexity index is 832. The van der Waals surface area contributed by atoms with Crippen LogP contribution < -0.4 is 5.32 Å². The quantitative estimate of drug-likeness (QED) is 0.633.